The number of hydrogen-bond donors (Lipinski definition) is 1. The minimum Gasteiger partial charge on any atom is -0.323 e. The number of thiazole rings is 1. The van der Waals surface area contributed by atoms with Gasteiger partial charge in [0.1, 0.15) is 5.01 Å². The molecule has 0 saturated carbocycles. The second kappa shape index (κ2) is 6.12. The van der Waals surface area contributed by atoms with E-state index in [0.717, 1.165) is 12.5 Å². The normalized spacial score (nSPS) is 23.0. The van der Waals surface area contributed by atoms with Crippen LogP contribution in [0.25, 0.3) is 0 Å². The van der Waals surface area contributed by atoms with Crippen molar-refractivity contribution in [2.24, 2.45) is 11.7 Å². The fourth-order valence-electron chi connectivity index (χ4n) is 2.91. The topological polar surface area (TPSA) is 42.2 Å². The fourth-order valence-corrected chi connectivity index (χ4v) is 4.19. The van der Waals surface area contributed by atoms with Gasteiger partial charge >= 0.3 is 0 Å². The summed E-state index contributed by atoms with van der Waals surface area (Å²) in [6, 6.07) is 0.0794. The van der Waals surface area contributed by atoms with Gasteiger partial charge in [-0.1, -0.05) is 27.7 Å². The smallest absolute Gasteiger partial charge is 0.107 e. The summed E-state index contributed by atoms with van der Waals surface area (Å²) < 4.78 is 0. The van der Waals surface area contributed by atoms with E-state index in [2.05, 4.69) is 39.5 Å². The highest BCUT2D eigenvalue weighted by Crippen LogP contribution is 2.33. The molecule has 1 aliphatic heterocycles. The summed E-state index contributed by atoms with van der Waals surface area (Å²) in [5.41, 5.74) is 7.41. The highest BCUT2D eigenvalue weighted by Gasteiger charge is 2.26. The lowest BCUT2D eigenvalue weighted by molar-refractivity contribution is 0.176. The largest absolute Gasteiger partial charge is 0.323 e. The molecule has 4 heteroatoms. The van der Waals surface area contributed by atoms with Crippen LogP contribution in [-0.2, 0) is 12.0 Å². The Morgan fingerprint density at radius 3 is 2.65 bits per heavy atom. The molecule has 2 rings (SSSR count). The van der Waals surface area contributed by atoms with Gasteiger partial charge in [0, 0.05) is 22.9 Å². The minimum atomic E-state index is 0.0763. The van der Waals surface area contributed by atoms with Crippen LogP contribution < -0.4 is 5.73 Å². The third-order valence-corrected chi connectivity index (χ3v) is 5.16. The van der Waals surface area contributed by atoms with Crippen molar-refractivity contribution in [1.82, 2.24) is 9.88 Å². The molecule has 20 heavy (non-hydrogen) atoms. The summed E-state index contributed by atoms with van der Waals surface area (Å²) in [4.78, 5) is 8.73. The first-order chi connectivity index (χ1) is 9.27. The molecular weight excluding hydrogens is 266 g/mol. The Bertz CT molecular complexity index is 445. The number of hydrogen-bond acceptors (Lipinski definition) is 4. The molecule has 1 fully saturated rings. The Balaban J connectivity index is 2.16. The Morgan fingerprint density at radius 1 is 1.45 bits per heavy atom. The lowest BCUT2D eigenvalue weighted by Crippen LogP contribution is -2.33. The third kappa shape index (κ3) is 3.80. The van der Waals surface area contributed by atoms with Crippen molar-refractivity contribution in [2.45, 2.75) is 65.5 Å². The lowest BCUT2D eigenvalue weighted by Gasteiger charge is -2.30. The predicted molar refractivity (Wildman–Crippen MR) is 87.1 cm³/mol. The number of rotatable bonds is 3. The molecule has 2 unspecified atom stereocenters. The first kappa shape index (κ1) is 15.9. The lowest BCUT2D eigenvalue weighted by atomic mass is 9.90. The molecule has 114 valence electrons. The standard InChI is InChI=1S/C16H29N3S/c1-11-7-6-8-19(9-11)10-13-18-15(16(3,4)5)14(20-13)12(2)17/h11-12H,6-10,17H2,1-5H3. The zero-order chi connectivity index (χ0) is 14.9. The van der Waals surface area contributed by atoms with Crippen LogP contribution in [0, 0.1) is 5.92 Å². The molecule has 0 bridgehead atoms. The van der Waals surface area contributed by atoms with E-state index in [9.17, 15) is 0 Å². The summed E-state index contributed by atoms with van der Waals surface area (Å²) in [5.74, 6) is 0.818. The number of nitrogens with zero attached hydrogens (tertiary/aromatic N) is 2. The number of piperidine rings is 1. The van der Waals surface area contributed by atoms with Crippen LogP contribution >= 0.6 is 11.3 Å². The van der Waals surface area contributed by atoms with Gasteiger partial charge in [0.2, 0.25) is 0 Å². The van der Waals surface area contributed by atoms with Crippen molar-refractivity contribution in [3.63, 3.8) is 0 Å². The zero-order valence-corrected chi connectivity index (χ0v) is 14.4. The number of aromatic nitrogens is 1. The highest BCUT2D eigenvalue weighted by molar-refractivity contribution is 7.11. The van der Waals surface area contributed by atoms with Crippen LogP contribution in [-0.4, -0.2) is 23.0 Å². The summed E-state index contributed by atoms with van der Waals surface area (Å²) in [7, 11) is 0. The Morgan fingerprint density at radius 2 is 2.15 bits per heavy atom. The molecule has 0 radical (unpaired) electrons. The number of nitrogens with two attached hydrogens (primary N) is 1. The van der Waals surface area contributed by atoms with Crippen LogP contribution in [0.2, 0.25) is 0 Å². The Hall–Kier alpha value is -0.450. The first-order valence-electron chi connectivity index (χ1n) is 7.75. The molecule has 0 aromatic carbocycles. The van der Waals surface area contributed by atoms with Crippen molar-refractivity contribution in [3.8, 4) is 0 Å². The van der Waals surface area contributed by atoms with E-state index in [1.165, 1.54) is 41.5 Å². The molecule has 0 spiro atoms. The average molecular weight is 295 g/mol. The van der Waals surface area contributed by atoms with Gasteiger partial charge in [0.25, 0.3) is 0 Å². The average Bonchev–Trinajstić information content (AvgIpc) is 2.73. The van der Waals surface area contributed by atoms with Gasteiger partial charge in [-0.15, -0.1) is 11.3 Å². The minimum absolute atomic E-state index is 0.0763. The van der Waals surface area contributed by atoms with Crippen LogP contribution in [0.5, 0.6) is 0 Å². The molecule has 2 N–H and O–H groups in total. The molecular formula is C16H29N3S. The van der Waals surface area contributed by atoms with Crippen LogP contribution in [0.15, 0.2) is 0 Å². The summed E-state index contributed by atoms with van der Waals surface area (Å²) >= 11 is 1.81. The third-order valence-electron chi connectivity index (χ3n) is 3.92. The van der Waals surface area contributed by atoms with Crippen molar-refractivity contribution in [3.05, 3.63) is 15.6 Å². The molecule has 1 aromatic heterocycles. The van der Waals surface area contributed by atoms with Gasteiger partial charge in [0.15, 0.2) is 0 Å². The highest BCUT2D eigenvalue weighted by atomic mass is 32.1. The van der Waals surface area contributed by atoms with E-state index in [1.807, 2.05) is 11.3 Å². The van der Waals surface area contributed by atoms with E-state index in [4.69, 9.17) is 10.7 Å². The molecule has 0 amide bonds. The molecule has 1 aliphatic rings. The maximum Gasteiger partial charge on any atom is 0.107 e. The molecule has 3 nitrogen and oxygen atoms in total. The molecule has 0 aliphatic carbocycles. The van der Waals surface area contributed by atoms with Gasteiger partial charge < -0.3 is 5.73 Å². The first-order valence-corrected chi connectivity index (χ1v) is 8.57. The van der Waals surface area contributed by atoms with Crippen LogP contribution in [0.4, 0.5) is 0 Å². The van der Waals surface area contributed by atoms with Gasteiger partial charge in [-0.3, -0.25) is 4.90 Å². The quantitative estimate of drug-likeness (QED) is 0.924. The summed E-state index contributed by atoms with van der Waals surface area (Å²) in [5, 5.41) is 1.23. The molecule has 1 aromatic rings. The van der Waals surface area contributed by atoms with E-state index >= 15 is 0 Å². The van der Waals surface area contributed by atoms with Gasteiger partial charge in [-0.25, -0.2) is 4.98 Å². The van der Waals surface area contributed by atoms with Crippen molar-refractivity contribution in [1.29, 1.82) is 0 Å². The van der Waals surface area contributed by atoms with E-state index in [-0.39, 0.29) is 11.5 Å². The van der Waals surface area contributed by atoms with Gasteiger partial charge in [-0.2, -0.15) is 0 Å². The Labute approximate surface area is 127 Å². The zero-order valence-electron chi connectivity index (χ0n) is 13.6. The summed E-state index contributed by atoms with van der Waals surface area (Å²) in [6.45, 7) is 14.5. The fraction of sp³-hybridized carbons (Fsp3) is 0.812. The van der Waals surface area contributed by atoms with Crippen molar-refractivity contribution < 1.29 is 0 Å². The maximum absolute atomic E-state index is 6.14. The van der Waals surface area contributed by atoms with Crippen LogP contribution in [0.3, 0.4) is 0 Å². The van der Waals surface area contributed by atoms with Crippen molar-refractivity contribution in [2.75, 3.05) is 13.1 Å². The Kier molecular flexibility index (Phi) is 4.88. The van der Waals surface area contributed by atoms with Crippen LogP contribution in [0.1, 0.15) is 69.1 Å². The molecule has 2 atom stereocenters. The SMILES string of the molecule is CC1CCCN(Cc2nc(C(C)(C)C)c(C(C)N)s2)C1. The molecule has 1 saturated heterocycles. The van der Waals surface area contributed by atoms with E-state index < -0.39 is 0 Å². The predicted octanol–water partition coefficient (Wildman–Crippen LogP) is 3.69. The second-order valence-electron chi connectivity index (χ2n) is 7.34. The van der Waals surface area contributed by atoms with Gasteiger partial charge in [-0.05, 0) is 32.2 Å². The monoisotopic (exact) mass is 295 g/mol. The molecule has 2 heterocycles. The van der Waals surface area contributed by atoms with E-state index in [0.29, 0.717) is 0 Å². The maximum atomic E-state index is 6.14. The van der Waals surface area contributed by atoms with Crippen molar-refractivity contribution >= 4 is 11.3 Å². The van der Waals surface area contributed by atoms with E-state index in [1.54, 1.807) is 0 Å². The van der Waals surface area contributed by atoms with Gasteiger partial charge in [0.05, 0.1) is 12.2 Å². The second-order valence-corrected chi connectivity index (χ2v) is 8.46. The summed E-state index contributed by atoms with van der Waals surface area (Å²) in [6.07, 6.45) is 2.69. The number of likely N-dealkylation sites (tertiary alicyclic amines) is 1.